The van der Waals surface area contributed by atoms with Crippen LogP contribution in [0.1, 0.15) is 17.0 Å². The molecule has 0 aliphatic heterocycles. The van der Waals surface area contributed by atoms with Gasteiger partial charge >= 0.3 is 5.69 Å². The summed E-state index contributed by atoms with van der Waals surface area (Å²) in [6.45, 7) is 0.681. The van der Waals surface area contributed by atoms with Gasteiger partial charge in [-0.15, -0.1) is 0 Å². The standard InChI is InChI=1S/C14H12BrN3O2/c15-12-7-16-8-13(18(19)20)14(12)17-6-10-5-9-3-1-2-4-11(9)10/h1-4,7-8,10H,5-6H2,(H,16,17). The van der Waals surface area contributed by atoms with Crippen LogP contribution >= 0.6 is 15.9 Å². The Hall–Kier alpha value is -1.95. The quantitative estimate of drug-likeness (QED) is 0.686. The van der Waals surface area contributed by atoms with E-state index in [9.17, 15) is 10.1 Å². The van der Waals surface area contributed by atoms with Crippen molar-refractivity contribution in [3.63, 3.8) is 0 Å². The first-order valence-electron chi connectivity index (χ1n) is 6.26. The Morgan fingerprint density at radius 2 is 2.20 bits per heavy atom. The molecular weight excluding hydrogens is 322 g/mol. The molecule has 1 aliphatic carbocycles. The van der Waals surface area contributed by atoms with Crippen LogP contribution in [0.25, 0.3) is 0 Å². The Balaban J connectivity index is 1.76. The van der Waals surface area contributed by atoms with Crippen LogP contribution in [-0.2, 0) is 6.42 Å². The highest BCUT2D eigenvalue weighted by Crippen LogP contribution is 2.37. The lowest BCUT2D eigenvalue weighted by Crippen LogP contribution is -2.24. The van der Waals surface area contributed by atoms with E-state index >= 15 is 0 Å². The first-order valence-corrected chi connectivity index (χ1v) is 7.05. The molecule has 2 aromatic rings. The average molecular weight is 334 g/mol. The fraction of sp³-hybridized carbons (Fsp3) is 0.214. The number of nitrogens with zero attached hydrogens (tertiary/aromatic N) is 2. The highest BCUT2D eigenvalue weighted by Gasteiger charge is 2.26. The van der Waals surface area contributed by atoms with E-state index in [0.29, 0.717) is 22.6 Å². The van der Waals surface area contributed by atoms with Gasteiger partial charge in [-0.05, 0) is 33.5 Å². The lowest BCUT2D eigenvalue weighted by Gasteiger charge is -2.30. The first kappa shape index (κ1) is 13.1. The second-order valence-corrected chi connectivity index (χ2v) is 5.61. The maximum Gasteiger partial charge on any atom is 0.311 e. The molecular formula is C14H12BrN3O2. The number of anilines is 1. The van der Waals surface area contributed by atoms with E-state index in [2.05, 4.69) is 38.4 Å². The Morgan fingerprint density at radius 1 is 1.40 bits per heavy atom. The molecule has 1 heterocycles. The molecule has 1 N–H and O–H groups in total. The van der Waals surface area contributed by atoms with E-state index in [1.54, 1.807) is 6.20 Å². The molecule has 5 nitrogen and oxygen atoms in total. The van der Waals surface area contributed by atoms with Crippen molar-refractivity contribution in [2.75, 3.05) is 11.9 Å². The Bertz CT molecular complexity index is 675. The van der Waals surface area contributed by atoms with Crippen molar-refractivity contribution in [2.45, 2.75) is 12.3 Å². The van der Waals surface area contributed by atoms with Crippen molar-refractivity contribution in [2.24, 2.45) is 0 Å². The number of pyridine rings is 1. The van der Waals surface area contributed by atoms with Crippen LogP contribution in [0.4, 0.5) is 11.4 Å². The summed E-state index contributed by atoms with van der Waals surface area (Å²) in [5.74, 6) is 0.408. The van der Waals surface area contributed by atoms with E-state index in [1.165, 1.54) is 17.3 Å². The molecule has 0 spiro atoms. The number of benzene rings is 1. The Morgan fingerprint density at radius 3 is 2.95 bits per heavy atom. The van der Waals surface area contributed by atoms with Gasteiger partial charge < -0.3 is 5.32 Å². The van der Waals surface area contributed by atoms with Crippen LogP contribution < -0.4 is 5.32 Å². The number of hydrogen-bond acceptors (Lipinski definition) is 4. The van der Waals surface area contributed by atoms with Crippen LogP contribution in [0.15, 0.2) is 41.1 Å². The van der Waals surface area contributed by atoms with Crippen molar-refractivity contribution in [1.29, 1.82) is 0 Å². The molecule has 1 aromatic carbocycles. The molecule has 0 amide bonds. The lowest BCUT2D eigenvalue weighted by molar-refractivity contribution is -0.384. The zero-order valence-corrected chi connectivity index (χ0v) is 12.1. The summed E-state index contributed by atoms with van der Waals surface area (Å²) in [7, 11) is 0. The molecule has 6 heteroatoms. The molecule has 0 fully saturated rings. The van der Waals surface area contributed by atoms with Crippen molar-refractivity contribution in [3.05, 3.63) is 62.4 Å². The maximum atomic E-state index is 11.0. The maximum absolute atomic E-state index is 11.0. The normalized spacial score (nSPS) is 16.1. The van der Waals surface area contributed by atoms with Crippen LogP contribution in [0.3, 0.4) is 0 Å². The fourth-order valence-electron chi connectivity index (χ4n) is 2.51. The molecule has 0 bridgehead atoms. The highest BCUT2D eigenvalue weighted by molar-refractivity contribution is 9.10. The molecule has 3 rings (SSSR count). The molecule has 102 valence electrons. The second-order valence-electron chi connectivity index (χ2n) is 4.75. The van der Waals surface area contributed by atoms with Gasteiger partial charge in [0, 0.05) is 18.7 Å². The van der Waals surface area contributed by atoms with Crippen molar-refractivity contribution in [3.8, 4) is 0 Å². The second kappa shape index (κ2) is 5.20. The number of hydrogen-bond donors (Lipinski definition) is 1. The molecule has 20 heavy (non-hydrogen) atoms. The van der Waals surface area contributed by atoms with Gasteiger partial charge in [-0.1, -0.05) is 24.3 Å². The van der Waals surface area contributed by atoms with Crippen molar-refractivity contribution < 1.29 is 4.92 Å². The van der Waals surface area contributed by atoms with Crippen LogP contribution in [0.2, 0.25) is 0 Å². The highest BCUT2D eigenvalue weighted by atomic mass is 79.9. The summed E-state index contributed by atoms with van der Waals surface area (Å²) >= 11 is 3.31. The molecule has 0 radical (unpaired) electrons. The summed E-state index contributed by atoms with van der Waals surface area (Å²) in [4.78, 5) is 14.4. The monoisotopic (exact) mass is 333 g/mol. The largest absolute Gasteiger partial charge is 0.378 e. The van der Waals surface area contributed by atoms with Gasteiger partial charge in [0.05, 0.1) is 9.40 Å². The number of rotatable bonds is 4. The van der Waals surface area contributed by atoms with Crippen LogP contribution in [-0.4, -0.2) is 16.5 Å². The molecule has 1 aliphatic rings. The van der Waals surface area contributed by atoms with Gasteiger partial charge in [-0.25, -0.2) is 0 Å². The number of fused-ring (bicyclic) bond motifs is 1. The number of nitro groups is 1. The molecule has 1 atom stereocenters. The third-order valence-corrected chi connectivity index (χ3v) is 4.16. The Labute approximate surface area is 124 Å². The van der Waals surface area contributed by atoms with Crippen molar-refractivity contribution in [1.82, 2.24) is 4.98 Å². The smallest absolute Gasteiger partial charge is 0.311 e. The predicted molar refractivity (Wildman–Crippen MR) is 80.0 cm³/mol. The van der Waals surface area contributed by atoms with Crippen LogP contribution in [0.5, 0.6) is 0 Å². The third kappa shape index (κ3) is 2.27. The topological polar surface area (TPSA) is 68.1 Å². The summed E-state index contributed by atoms with van der Waals surface area (Å²) in [5, 5.41) is 14.2. The number of aromatic nitrogens is 1. The van der Waals surface area contributed by atoms with Gasteiger partial charge in [-0.2, -0.15) is 0 Å². The van der Waals surface area contributed by atoms with E-state index in [0.717, 1.165) is 6.42 Å². The zero-order chi connectivity index (χ0) is 14.1. The summed E-state index contributed by atoms with van der Waals surface area (Å²) in [5.41, 5.74) is 3.18. The summed E-state index contributed by atoms with van der Waals surface area (Å²) in [6, 6.07) is 8.29. The molecule has 1 unspecified atom stereocenters. The minimum Gasteiger partial charge on any atom is -0.378 e. The fourth-order valence-corrected chi connectivity index (χ4v) is 2.97. The van der Waals surface area contributed by atoms with Crippen molar-refractivity contribution >= 4 is 27.3 Å². The minimum absolute atomic E-state index is 0.00742. The predicted octanol–water partition coefficient (Wildman–Crippen LogP) is 3.50. The zero-order valence-electron chi connectivity index (χ0n) is 10.5. The van der Waals surface area contributed by atoms with Crippen LogP contribution in [0, 0.1) is 10.1 Å². The SMILES string of the molecule is O=[N+]([O-])c1cncc(Br)c1NCC1Cc2ccccc21. The number of nitrogens with one attached hydrogen (secondary N) is 1. The Kier molecular flexibility index (Phi) is 3.40. The van der Waals surface area contributed by atoms with E-state index in [-0.39, 0.29) is 5.69 Å². The first-order chi connectivity index (χ1) is 9.66. The molecule has 0 saturated carbocycles. The van der Waals surface area contributed by atoms with Gasteiger partial charge in [0.15, 0.2) is 0 Å². The lowest BCUT2D eigenvalue weighted by atomic mass is 9.77. The summed E-state index contributed by atoms with van der Waals surface area (Å²) in [6.07, 6.45) is 3.84. The van der Waals surface area contributed by atoms with Gasteiger partial charge in [0.1, 0.15) is 11.9 Å². The number of halogens is 1. The third-order valence-electron chi connectivity index (χ3n) is 3.56. The average Bonchev–Trinajstić information content (AvgIpc) is 2.41. The van der Waals surface area contributed by atoms with Gasteiger partial charge in [-0.3, -0.25) is 15.1 Å². The minimum atomic E-state index is -0.422. The van der Waals surface area contributed by atoms with E-state index in [1.807, 2.05) is 12.1 Å². The van der Waals surface area contributed by atoms with Gasteiger partial charge in [0.2, 0.25) is 0 Å². The van der Waals surface area contributed by atoms with Gasteiger partial charge in [0.25, 0.3) is 0 Å². The molecule has 1 aromatic heterocycles. The van der Waals surface area contributed by atoms with E-state index in [4.69, 9.17) is 0 Å². The summed E-state index contributed by atoms with van der Waals surface area (Å²) < 4.78 is 0.610. The van der Waals surface area contributed by atoms with E-state index < -0.39 is 4.92 Å². The molecule has 0 saturated heterocycles.